The highest BCUT2D eigenvalue weighted by molar-refractivity contribution is 6.42. The van der Waals surface area contributed by atoms with Crippen LogP contribution in [0.5, 0.6) is 0 Å². The molecule has 1 aromatic rings. The molecule has 1 aliphatic carbocycles. The van der Waals surface area contributed by atoms with Crippen LogP contribution in [0.1, 0.15) is 57.6 Å². The topological polar surface area (TPSA) is 12.0 Å². The third-order valence-electron chi connectivity index (χ3n) is 4.32. The molecule has 3 heteroatoms. The molecule has 106 valence electrons. The van der Waals surface area contributed by atoms with Gasteiger partial charge in [0.05, 0.1) is 10.0 Å². The van der Waals surface area contributed by atoms with Gasteiger partial charge in [0.1, 0.15) is 0 Å². The molecule has 19 heavy (non-hydrogen) atoms. The van der Waals surface area contributed by atoms with Crippen LogP contribution < -0.4 is 5.32 Å². The van der Waals surface area contributed by atoms with Gasteiger partial charge in [-0.25, -0.2) is 0 Å². The van der Waals surface area contributed by atoms with E-state index in [2.05, 4.69) is 25.2 Å². The van der Waals surface area contributed by atoms with Crippen LogP contribution in [0, 0.1) is 5.92 Å². The molecule has 0 bridgehead atoms. The van der Waals surface area contributed by atoms with E-state index >= 15 is 0 Å². The summed E-state index contributed by atoms with van der Waals surface area (Å²) in [6.07, 6.45) is 6.86. The van der Waals surface area contributed by atoms with Crippen LogP contribution in [-0.4, -0.2) is 6.04 Å². The zero-order valence-electron chi connectivity index (χ0n) is 11.8. The summed E-state index contributed by atoms with van der Waals surface area (Å²) in [7, 11) is 0. The van der Waals surface area contributed by atoms with Crippen LogP contribution in [0.15, 0.2) is 18.2 Å². The van der Waals surface area contributed by atoms with Gasteiger partial charge >= 0.3 is 0 Å². The van der Waals surface area contributed by atoms with E-state index in [4.69, 9.17) is 23.2 Å². The molecule has 2 atom stereocenters. The fourth-order valence-electron chi connectivity index (χ4n) is 3.11. The van der Waals surface area contributed by atoms with Crippen LogP contribution >= 0.6 is 23.2 Å². The first-order chi connectivity index (χ1) is 9.09. The molecule has 0 aliphatic heterocycles. The van der Waals surface area contributed by atoms with E-state index in [0.717, 1.165) is 11.5 Å². The lowest BCUT2D eigenvalue weighted by atomic mass is 9.84. The molecule has 1 nitrogen and oxygen atoms in total. The Hall–Kier alpha value is -0.240. The zero-order valence-corrected chi connectivity index (χ0v) is 13.3. The largest absolute Gasteiger partial charge is 0.307 e. The molecule has 0 radical (unpaired) electrons. The third-order valence-corrected chi connectivity index (χ3v) is 5.15. The Kier molecular flexibility index (Phi) is 5.56. The van der Waals surface area contributed by atoms with E-state index < -0.39 is 0 Å². The van der Waals surface area contributed by atoms with E-state index in [0.29, 0.717) is 16.1 Å². The lowest BCUT2D eigenvalue weighted by molar-refractivity contribution is 0.268. The summed E-state index contributed by atoms with van der Waals surface area (Å²) in [5, 5.41) is 5.01. The van der Waals surface area contributed by atoms with Gasteiger partial charge in [-0.1, -0.05) is 54.6 Å². The molecule has 0 amide bonds. The first kappa shape index (κ1) is 15.2. The predicted molar refractivity (Wildman–Crippen MR) is 84.0 cm³/mol. The van der Waals surface area contributed by atoms with Crippen molar-refractivity contribution in [1.29, 1.82) is 0 Å². The molecular weight excluding hydrogens is 277 g/mol. The quantitative estimate of drug-likeness (QED) is 0.761. The van der Waals surface area contributed by atoms with Crippen molar-refractivity contribution in [2.45, 2.75) is 58.0 Å². The number of nitrogens with one attached hydrogen (secondary N) is 1. The minimum atomic E-state index is 0.239. The van der Waals surface area contributed by atoms with Gasteiger partial charge in [-0.05, 0) is 44.2 Å². The predicted octanol–water partition coefficient (Wildman–Crippen LogP) is 5.61. The molecule has 1 unspecified atom stereocenters. The third kappa shape index (κ3) is 3.87. The van der Waals surface area contributed by atoms with Gasteiger partial charge < -0.3 is 5.32 Å². The Morgan fingerprint density at radius 1 is 1.11 bits per heavy atom. The van der Waals surface area contributed by atoms with E-state index in [1.165, 1.54) is 32.1 Å². The Balaban J connectivity index is 1.99. The second kappa shape index (κ2) is 6.97. The van der Waals surface area contributed by atoms with Crippen molar-refractivity contribution in [3.63, 3.8) is 0 Å². The van der Waals surface area contributed by atoms with Gasteiger partial charge in [0.15, 0.2) is 0 Å². The van der Waals surface area contributed by atoms with Crippen molar-refractivity contribution in [3.05, 3.63) is 33.8 Å². The lowest BCUT2D eigenvalue weighted by Crippen LogP contribution is -2.36. The van der Waals surface area contributed by atoms with Crippen LogP contribution in [0.4, 0.5) is 0 Å². The smallest absolute Gasteiger partial charge is 0.0639 e. The molecule has 1 aromatic carbocycles. The van der Waals surface area contributed by atoms with Gasteiger partial charge in [0.2, 0.25) is 0 Å². The van der Waals surface area contributed by atoms with Gasteiger partial charge in [0, 0.05) is 12.1 Å². The fourth-order valence-corrected chi connectivity index (χ4v) is 3.58. The van der Waals surface area contributed by atoms with E-state index in [9.17, 15) is 0 Å². The fraction of sp³-hybridized carbons (Fsp3) is 0.625. The SMILES string of the molecule is CC(N[C@@H](C)C1CCCCC1)c1cccc(Cl)c1Cl. The summed E-state index contributed by atoms with van der Waals surface area (Å²) < 4.78 is 0. The summed E-state index contributed by atoms with van der Waals surface area (Å²) >= 11 is 12.4. The first-order valence-electron chi connectivity index (χ1n) is 7.29. The lowest BCUT2D eigenvalue weighted by Gasteiger charge is -2.31. The van der Waals surface area contributed by atoms with Crippen LogP contribution in [-0.2, 0) is 0 Å². The maximum Gasteiger partial charge on any atom is 0.0639 e. The average Bonchev–Trinajstić information content (AvgIpc) is 2.42. The highest BCUT2D eigenvalue weighted by Gasteiger charge is 2.22. The Morgan fingerprint density at radius 2 is 1.79 bits per heavy atom. The molecule has 0 saturated heterocycles. The Morgan fingerprint density at radius 3 is 2.47 bits per heavy atom. The van der Waals surface area contributed by atoms with Crippen molar-refractivity contribution in [3.8, 4) is 0 Å². The second-order valence-electron chi connectivity index (χ2n) is 5.72. The van der Waals surface area contributed by atoms with Gasteiger partial charge in [-0.2, -0.15) is 0 Å². The van der Waals surface area contributed by atoms with Crippen molar-refractivity contribution in [2.24, 2.45) is 5.92 Å². The normalized spacial score (nSPS) is 20.2. The van der Waals surface area contributed by atoms with Crippen LogP contribution in [0.25, 0.3) is 0 Å². The number of benzene rings is 1. The monoisotopic (exact) mass is 299 g/mol. The molecular formula is C16H23Cl2N. The Labute approximate surface area is 126 Å². The van der Waals surface area contributed by atoms with Gasteiger partial charge in [-0.3, -0.25) is 0 Å². The van der Waals surface area contributed by atoms with E-state index in [1.807, 2.05) is 12.1 Å². The van der Waals surface area contributed by atoms with Crippen molar-refractivity contribution in [2.75, 3.05) is 0 Å². The maximum absolute atomic E-state index is 6.29. The molecule has 0 heterocycles. The molecule has 1 saturated carbocycles. The summed E-state index contributed by atoms with van der Waals surface area (Å²) in [5.74, 6) is 0.800. The summed E-state index contributed by atoms with van der Waals surface area (Å²) in [4.78, 5) is 0. The van der Waals surface area contributed by atoms with Crippen LogP contribution in [0.3, 0.4) is 0 Å². The van der Waals surface area contributed by atoms with Crippen LogP contribution in [0.2, 0.25) is 10.0 Å². The first-order valence-corrected chi connectivity index (χ1v) is 8.05. The standard InChI is InChI=1S/C16H23Cl2N/c1-11(13-7-4-3-5-8-13)19-12(2)14-9-6-10-15(17)16(14)18/h6,9-13,19H,3-5,7-8H2,1-2H3/t11-,12?/m0/s1. The minimum Gasteiger partial charge on any atom is -0.307 e. The van der Waals surface area contributed by atoms with E-state index in [1.54, 1.807) is 0 Å². The molecule has 0 aromatic heterocycles. The zero-order chi connectivity index (χ0) is 13.8. The number of hydrogen-bond donors (Lipinski definition) is 1. The van der Waals surface area contributed by atoms with Crippen molar-refractivity contribution >= 4 is 23.2 Å². The van der Waals surface area contributed by atoms with Crippen molar-refractivity contribution < 1.29 is 0 Å². The molecule has 1 N–H and O–H groups in total. The molecule has 0 spiro atoms. The maximum atomic E-state index is 6.29. The number of halogens is 2. The average molecular weight is 300 g/mol. The Bertz CT molecular complexity index is 413. The highest BCUT2D eigenvalue weighted by Crippen LogP contribution is 2.32. The number of rotatable bonds is 4. The van der Waals surface area contributed by atoms with Gasteiger partial charge in [0.25, 0.3) is 0 Å². The summed E-state index contributed by atoms with van der Waals surface area (Å²) in [6.45, 7) is 4.46. The summed E-state index contributed by atoms with van der Waals surface area (Å²) in [5.41, 5.74) is 1.09. The highest BCUT2D eigenvalue weighted by atomic mass is 35.5. The van der Waals surface area contributed by atoms with Gasteiger partial charge in [-0.15, -0.1) is 0 Å². The second-order valence-corrected chi connectivity index (χ2v) is 6.50. The summed E-state index contributed by atoms with van der Waals surface area (Å²) in [6, 6.07) is 6.63. The molecule has 1 aliphatic rings. The van der Waals surface area contributed by atoms with E-state index in [-0.39, 0.29) is 6.04 Å². The molecule has 1 fully saturated rings. The molecule has 2 rings (SSSR count). The number of hydrogen-bond acceptors (Lipinski definition) is 1. The minimum absolute atomic E-state index is 0.239. The van der Waals surface area contributed by atoms with Crippen molar-refractivity contribution in [1.82, 2.24) is 5.32 Å².